The minimum absolute atomic E-state index is 0.0510. The molecule has 2 aromatic rings. The molecular weight excluding hydrogens is 655 g/mol. The number of methoxy groups -OCH3 is 2. The van der Waals surface area contributed by atoms with Crippen LogP contribution in [0.5, 0.6) is 0 Å². The third-order valence-corrected chi connectivity index (χ3v) is 4.81. The molecule has 19 nitrogen and oxygen atoms in total. The topological polar surface area (TPSA) is 316 Å². The third-order valence-electron chi connectivity index (χ3n) is 4.81. The molecule has 0 aromatic heterocycles. The van der Waals surface area contributed by atoms with Crippen molar-refractivity contribution in [2.45, 2.75) is 0 Å². The van der Waals surface area contributed by atoms with Gasteiger partial charge in [-0.25, -0.2) is 24.4 Å². The lowest BCUT2D eigenvalue weighted by atomic mass is 10.1. The van der Waals surface area contributed by atoms with E-state index < -0.39 is 42.9 Å². The summed E-state index contributed by atoms with van der Waals surface area (Å²) < 4.78 is 18.7. The Morgan fingerprint density at radius 3 is 1.46 bits per heavy atom. The number of nitrogens with zero attached hydrogens (tertiary/aromatic N) is 2. The number of carbonyl (C=O) groups is 5. The number of amides is 2. The molecule has 0 unspecified atom stereocenters. The van der Waals surface area contributed by atoms with Gasteiger partial charge in [-0.2, -0.15) is 0 Å². The number of esters is 2. The molecule has 12 N–H and O–H groups in total. The van der Waals surface area contributed by atoms with Gasteiger partial charge in [0, 0.05) is 0 Å². The molecule has 264 valence electrons. The largest absolute Gasteiger partial charge is 0.480 e. The van der Waals surface area contributed by atoms with Crippen LogP contribution in [0.25, 0.3) is 0 Å². The SMILES string of the molecule is COC(=O)c1ccc(NC(=O)COCC(=O)O)c(N=C(N)N)c1.COC(=O)c1ccc(NC(=O)COCCO)c(N=C(N)N)c1.CPC. The second-order valence-corrected chi connectivity index (χ2v) is 9.78. The number of carboxylic acid groups (broad SMARTS) is 1. The van der Waals surface area contributed by atoms with Crippen LogP contribution in [0, 0.1) is 0 Å². The van der Waals surface area contributed by atoms with Crippen LogP contribution in [0.3, 0.4) is 0 Å². The van der Waals surface area contributed by atoms with Crippen molar-refractivity contribution in [2.75, 3.05) is 71.2 Å². The van der Waals surface area contributed by atoms with Gasteiger partial charge in [0.25, 0.3) is 0 Å². The number of anilines is 2. The second-order valence-electron chi connectivity index (χ2n) is 8.78. The van der Waals surface area contributed by atoms with Crippen molar-refractivity contribution in [3.05, 3.63) is 47.5 Å². The van der Waals surface area contributed by atoms with Crippen LogP contribution in [0.2, 0.25) is 0 Å². The lowest BCUT2D eigenvalue weighted by Crippen LogP contribution is -2.23. The van der Waals surface area contributed by atoms with Crippen molar-refractivity contribution >= 4 is 73.0 Å². The number of carboxylic acids is 1. The maximum atomic E-state index is 11.7. The summed E-state index contributed by atoms with van der Waals surface area (Å²) in [7, 11) is 3.55. The molecule has 0 aliphatic rings. The minimum Gasteiger partial charge on any atom is -0.480 e. The highest BCUT2D eigenvalue weighted by atomic mass is 31.1. The van der Waals surface area contributed by atoms with Crippen LogP contribution in [0.4, 0.5) is 22.7 Å². The average Bonchev–Trinajstić information content (AvgIpc) is 3.02. The maximum Gasteiger partial charge on any atom is 0.337 e. The van der Waals surface area contributed by atoms with E-state index in [4.69, 9.17) is 37.9 Å². The van der Waals surface area contributed by atoms with Gasteiger partial charge in [-0.3, -0.25) is 9.59 Å². The van der Waals surface area contributed by atoms with Gasteiger partial charge >= 0.3 is 17.9 Å². The summed E-state index contributed by atoms with van der Waals surface area (Å²) in [5.74, 6) is -3.91. The summed E-state index contributed by atoms with van der Waals surface area (Å²) in [5, 5.41) is 22.0. The molecule has 0 saturated heterocycles. The number of aliphatic hydroxyl groups excluding tert-OH is 1. The predicted octanol–water partition coefficient (Wildman–Crippen LogP) is -0.332. The van der Waals surface area contributed by atoms with Crippen LogP contribution in [0.15, 0.2) is 46.4 Å². The first-order valence-electron chi connectivity index (χ1n) is 13.5. The number of benzene rings is 2. The van der Waals surface area contributed by atoms with Crippen molar-refractivity contribution in [1.82, 2.24) is 0 Å². The van der Waals surface area contributed by atoms with Gasteiger partial charge in [-0.1, -0.05) is 0 Å². The fourth-order valence-corrected chi connectivity index (χ4v) is 3.06. The summed E-state index contributed by atoms with van der Waals surface area (Å²) in [6, 6.07) is 8.46. The molecule has 0 fully saturated rings. The predicted molar refractivity (Wildman–Crippen MR) is 180 cm³/mol. The molecule has 20 heteroatoms. The van der Waals surface area contributed by atoms with E-state index in [1.807, 2.05) is 0 Å². The first kappa shape index (κ1) is 42.6. The van der Waals surface area contributed by atoms with E-state index >= 15 is 0 Å². The van der Waals surface area contributed by atoms with E-state index in [9.17, 15) is 24.0 Å². The molecular formula is C28H41N8O11P. The Labute approximate surface area is 277 Å². The molecule has 0 bridgehead atoms. The van der Waals surface area contributed by atoms with E-state index in [1.165, 1.54) is 50.6 Å². The first-order chi connectivity index (χ1) is 22.7. The number of nitrogens with two attached hydrogens (primary N) is 4. The number of guanidine groups is 2. The number of rotatable bonds is 14. The third kappa shape index (κ3) is 18.0. The number of hydrogen-bond acceptors (Lipinski definition) is 12. The summed E-state index contributed by atoms with van der Waals surface area (Å²) in [5.41, 5.74) is 22.6. The van der Waals surface area contributed by atoms with Crippen LogP contribution in [-0.2, 0) is 33.3 Å². The van der Waals surface area contributed by atoms with Crippen molar-refractivity contribution in [3.63, 3.8) is 0 Å². The summed E-state index contributed by atoms with van der Waals surface area (Å²) in [6.45, 7) is 2.87. The van der Waals surface area contributed by atoms with Crippen LogP contribution < -0.4 is 33.6 Å². The van der Waals surface area contributed by atoms with Gasteiger partial charge in [0.2, 0.25) is 11.8 Å². The zero-order valence-corrected chi connectivity index (χ0v) is 27.8. The second kappa shape index (κ2) is 23.9. The number of aliphatic hydroxyl groups is 1. The van der Waals surface area contributed by atoms with E-state index in [-0.39, 0.29) is 59.9 Å². The van der Waals surface area contributed by atoms with Crippen LogP contribution >= 0.6 is 8.58 Å². The fourth-order valence-electron chi connectivity index (χ4n) is 3.06. The first-order valence-corrected chi connectivity index (χ1v) is 15.5. The van der Waals surface area contributed by atoms with Gasteiger partial charge in [0.15, 0.2) is 11.9 Å². The number of hydrogen-bond donors (Lipinski definition) is 8. The smallest absolute Gasteiger partial charge is 0.337 e. The van der Waals surface area contributed by atoms with Crippen molar-refractivity contribution in [3.8, 4) is 0 Å². The van der Waals surface area contributed by atoms with Gasteiger partial charge in [-0.15, -0.1) is 8.58 Å². The Hall–Kier alpha value is -5.36. The molecule has 2 rings (SSSR count). The van der Waals surface area contributed by atoms with Crippen LogP contribution in [0.1, 0.15) is 20.7 Å². The zero-order chi connectivity index (χ0) is 36.6. The quantitative estimate of drug-likeness (QED) is 0.0412. The van der Waals surface area contributed by atoms with E-state index in [2.05, 4.69) is 48.2 Å². The van der Waals surface area contributed by atoms with Gasteiger partial charge in [0.05, 0.1) is 61.3 Å². The van der Waals surface area contributed by atoms with E-state index in [1.54, 1.807) is 0 Å². The Kier molecular flexibility index (Phi) is 21.2. The average molecular weight is 697 g/mol. The molecule has 0 aliphatic carbocycles. The molecule has 0 aliphatic heterocycles. The highest BCUT2D eigenvalue weighted by molar-refractivity contribution is 7.35. The number of ether oxygens (including phenoxy) is 4. The number of nitrogens with one attached hydrogen (secondary N) is 2. The molecule has 0 spiro atoms. The van der Waals surface area contributed by atoms with Crippen molar-refractivity contribution in [1.29, 1.82) is 0 Å². The molecule has 0 atom stereocenters. The molecule has 0 heterocycles. The summed E-state index contributed by atoms with van der Waals surface area (Å²) in [6.07, 6.45) is 0. The Morgan fingerprint density at radius 2 is 1.12 bits per heavy atom. The maximum absolute atomic E-state index is 11.7. The van der Waals surface area contributed by atoms with E-state index in [0.29, 0.717) is 5.69 Å². The lowest BCUT2D eigenvalue weighted by Gasteiger charge is -2.10. The van der Waals surface area contributed by atoms with Gasteiger partial charge < -0.3 is 62.7 Å². The van der Waals surface area contributed by atoms with Crippen LogP contribution in [-0.4, -0.2) is 112 Å². The summed E-state index contributed by atoms with van der Waals surface area (Å²) >= 11 is 0. The van der Waals surface area contributed by atoms with Crippen molar-refractivity contribution in [2.24, 2.45) is 32.9 Å². The monoisotopic (exact) mass is 696 g/mol. The normalized spacial score (nSPS) is 9.60. The lowest BCUT2D eigenvalue weighted by molar-refractivity contribution is -0.143. The number of aliphatic imine (C=N–C) groups is 2. The highest BCUT2D eigenvalue weighted by Gasteiger charge is 2.14. The minimum atomic E-state index is -1.19. The molecule has 48 heavy (non-hydrogen) atoms. The highest BCUT2D eigenvalue weighted by Crippen LogP contribution is 2.27. The zero-order valence-electron chi connectivity index (χ0n) is 26.8. The number of aliphatic carboxylic acids is 1. The Morgan fingerprint density at radius 1 is 0.729 bits per heavy atom. The number of carbonyl (C=O) groups excluding carboxylic acids is 4. The molecule has 0 saturated carbocycles. The van der Waals surface area contributed by atoms with Gasteiger partial charge in [-0.05, 0) is 49.7 Å². The van der Waals surface area contributed by atoms with Crippen molar-refractivity contribution < 1.29 is 53.1 Å². The molecule has 2 amide bonds. The Bertz CT molecular complexity index is 1450. The molecule has 0 radical (unpaired) electrons. The van der Waals surface area contributed by atoms with Gasteiger partial charge in [0.1, 0.15) is 19.8 Å². The Balaban J connectivity index is 0.000000851. The summed E-state index contributed by atoms with van der Waals surface area (Å²) in [4.78, 5) is 64.3. The standard InChI is InChI=1S/C13H16N4O6.C13H18N4O5.C2H7P/c1-22-12(21)7-2-3-8(9(4-7)17-13(14)15)16-10(18)5-23-6-11(19)20;1-21-12(20)8-2-3-9(10(6-8)17-13(14)15)16-11(19)7-22-5-4-18;1-3-2/h2-4H,5-6H2,1H3,(H,16,18)(H,19,20)(H4,14,15,17);2-3,6,18H,4-5,7H2,1H3,(H,16,19)(H4,14,15,17);3H,1-2H3. The fraction of sp³-hybridized carbons (Fsp3) is 0.321. The molecule has 2 aromatic carbocycles. The van der Waals surface area contributed by atoms with E-state index in [0.717, 1.165) is 8.58 Å².